The predicted octanol–water partition coefficient (Wildman–Crippen LogP) is 2.37. The summed E-state index contributed by atoms with van der Waals surface area (Å²) in [7, 11) is 1.62. The predicted molar refractivity (Wildman–Crippen MR) is 78.7 cm³/mol. The zero-order valence-corrected chi connectivity index (χ0v) is 13.5. The molecule has 21 heavy (non-hydrogen) atoms. The quantitative estimate of drug-likeness (QED) is 0.752. The van der Waals surface area contributed by atoms with Crippen LogP contribution in [0.4, 0.5) is 9.18 Å². The summed E-state index contributed by atoms with van der Waals surface area (Å²) in [6.45, 7) is 11.0. The molecule has 0 bridgehead atoms. The second-order valence-electron chi connectivity index (χ2n) is 6.63. The summed E-state index contributed by atoms with van der Waals surface area (Å²) in [6.07, 6.45) is -1.84. The Kier molecular flexibility index (Phi) is 5.36. The molecule has 1 aliphatic rings. The van der Waals surface area contributed by atoms with Gasteiger partial charge in [-0.25, -0.2) is 9.18 Å². The van der Waals surface area contributed by atoms with Crippen molar-refractivity contribution in [2.75, 3.05) is 20.1 Å². The summed E-state index contributed by atoms with van der Waals surface area (Å²) >= 11 is 0. The molecule has 0 saturated carbocycles. The number of hydrogen-bond donors (Lipinski definition) is 0. The second kappa shape index (κ2) is 6.45. The van der Waals surface area contributed by atoms with E-state index >= 15 is 0 Å². The highest BCUT2D eigenvalue weighted by Gasteiger charge is 2.42. The van der Waals surface area contributed by atoms with Crippen molar-refractivity contribution >= 4 is 12.0 Å². The molecule has 6 heteroatoms. The fourth-order valence-electron chi connectivity index (χ4n) is 2.28. The van der Waals surface area contributed by atoms with Gasteiger partial charge in [-0.2, -0.15) is 0 Å². The summed E-state index contributed by atoms with van der Waals surface area (Å²) in [5.74, 6) is -0.288. The Morgan fingerprint density at radius 3 is 2.48 bits per heavy atom. The van der Waals surface area contributed by atoms with Crippen molar-refractivity contribution in [2.45, 2.75) is 51.9 Å². The number of carbonyl (C=O) groups excluding carboxylic acids is 2. The van der Waals surface area contributed by atoms with E-state index < -0.39 is 23.9 Å². The topological polar surface area (TPSA) is 49.9 Å². The fourth-order valence-corrected chi connectivity index (χ4v) is 2.28. The summed E-state index contributed by atoms with van der Waals surface area (Å²) in [5, 5.41) is 0. The molecule has 0 radical (unpaired) electrons. The summed E-state index contributed by atoms with van der Waals surface area (Å²) < 4.78 is 18.9. The molecule has 0 N–H and O–H groups in total. The highest BCUT2D eigenvalue weighted by atomic mass is 19.1. The molecule has 0 aromatic rings. The molecule has 0 aliphatic carbocycles. The first-order valence-corrected chi connectivity index (χ1v) is 7.04. The lowest BCUT2D eigenvalue weighted by Crippen LogP contribution is -2.48. The summed E-state index contributed by atoms with van der Waals surface area (Å²) in [4.78, 5) is 27.1. The molecule has 120 valence electrons. The van der Waals surface area contributed by atoms with E-state index in [1.807, 2.05) is 6.92 Å². The van der Waals surface area contributed by atoms with Crippen molar-refractivity contribution in [3.8, 4) is 0 Å². The average Bonchev–Trinajstić information content (AvgIpc) is 2.67. The Hall–Kier alpha value is -1.59. The van der Waals surface area contributed by atoms with Crippen LogP contribution in [0, 0.1) is 0 Å². The molecule has 1 heterocycles. The Morgan fingerprint density at radius 1 is 1.43 bits per heavy atom. The number of carbonyl (C=O) groups is 2. The minimum Gasteiger partial charge on any atom is -0.444 e. The maximum Gasteiger partial charge on any atom is 0.411 e. The minimum atomic E-state index is -1.20. The number of likely N-dealkylation sites (tertiary alicyclic amines) is 1. The zero-order chi connectivity index (χ0) is 16.4. The van der Waals surface area contributed by atoms with Crippen LogP contribution in [-0.2, 0) is 9.53 Å². The Morgan fingerprint density at radius 2 is 2.00 bits per heavy atom. The first kappa shape index (κ1) is 17.5. The maximum atomic E-state index is 13.7. The van der Waals surface area contributed by atoms with Crippen LogP contribution < -0.4 is 0 Å². The lowest BCUT2D eigenvalue weighted by molar-refractivity contribution is -0.134. The molecule has 2 amide bonds. The van der Waals surface area contributed by atoms with Crippen molar-refractivity contribution in [3.63, 3.8) is 0 Å². The SMILES string of the molecule is C=C(C)CN(C)C(=O)[C@H]1C[C@H](F)CN1C(=O)OC(C)(C)C. The van der Waals surface area contributed by atoms with E-state index in [9.17, 15) is 14.0 Å². The standard InChI is InChI=1S/C15H25FN2O3/c1-10(2)8-17(6)13(19)12-7-11(16)9-18(12)14(20)21-15(3,4)5/h11-12H,1,7-9H2,2-6H3/t11-,12+/m0/s1. The fraction of sp³-hybridized carbons (Fsp3) is 0.733. The third kappa shape index (κ3) is 5.02. The third-order valence-electron chi connectivity index (χ3n) is 3.05. The summed E-state index contributed by atoms with van der Waals surface area (Å²) in [6, 6.07) is -0.806. The summed E-state index contributed by atoms with van der Waals surface area (Å²) in [5.41, 5.74) is 0.146. The molecule has 0 spiro atoms. The van der Waals surface area contributed by atoms with Crippen LogP contribution in [0.2, 0.25) is 0 Å². The van der Waals surface area contributed by atoms with Crippen molar-refractivity contribution in [3.05, 3.63) is 12.2 Å². The van der Waals surface area contributed by atoms with Gasteiger partial charge >= 0.3 is 6.09 Å². The van der Waals surface area contributed by atoms with E-state index in [1.165, 1.54) is 9.80 Å². The first-order valence-electron chi connectivity index (χ1n) is 7.04. The molecule has 5 nitrogen and oxygen atoms in total. The Balaban J connectivity index is 2.81. The van der Waals surface area contributed by atoms with Crippen LogP contribution in [0.15, 0.2) is 12.2 Å². The smallest absolute Gasteiger partial charge is 0.411 e. The van der Waals surface area contributed by atoms with Crippen molar-refractivity contribution in [2.24, 2.45) is 0 Å². The normalized spacial score (nSPS) is 22.1. The van der Waals surface area contributed by atoms with E-state index in [1.54, 1.807) is 27.8 Å². The van der Waals surface area contributed by atoms with Crippen LogP contribution in [-0.4, -0.2) is 59.8 Å². The molecule has 2 atom stereocenters. The van der Waals surface area contributed by atoms with Crippen LogP contribution in [0.25, 0.3) is 0 Å². The number of amides is 2. The molecule has 1 saturated heterocycles. The van der Waals surface area contributed by atoms with Crippen molar-refractivity contribution in [1.29, 1.82) is 0 Å². The maximum absolute atomic E-state index is 13.7. The lowest BCUT2D eigenvalue weighted by atomic mass is 10.1. The molecular weight excluding hydrogens is 275 g/mol. The molecular formula is C15H25FN2O3. The minimum absolute atomic E-state index is 0.0125. The van der Waals surface area contributed by atoms with Crippen LogP contribution in [0.5, 0.6) is 0 Å². The van der Waals surface area contributed by atoms with Crippen LogP contribution in [0.3, 0.4) is 0 Å². The number of likely N-dealkylation sites (N-methyl/N-ethyl adjacent to an activating group) is 1. The van der Waals surface area contributed by atoms with E-state index in [4.69, 9.17) is 4.74 Å². The second-order valence-corrected chi connectivity index (χ2v) is 6.63. The Labute approximate surface area is 125 Å². The number of nitrogens with zero attached hydrogens (tertiary/aromatic N) is 2. The van der Waals surface area contributed by atoms with Gasteiger partial charge in [0.15, 0.2) is 0 Å². The van der Waals surface area contributed by atoms with Gasteiger partial charge in [-0.1, -0.05) is 12.2 Å². The Bertz CT molecular complexity index is 431. The highest BCUT2D eigenvalue weighted by molar-refractivity contribution is 5.86. The third-order valence-corrected chi connectivity index (χ3v) is 3.05. The molecule has 1 fully saturated rings. The van der Waals surface area contributed by atoms with Gasteiger partial charge in [-0.15, -0.1) is 0 Å². The van der Waals surface area contributed by atoms with Gasteiger partial charge in [0, 0.05) is 20.0 Å². The molecule has 1 aliphatic heterocycles. The van der Waals surface area contributed by atoms with E-state index in [0.717, 1.165) is 5.57 Å². The van der Waals surface area contributed by atoms with Gasteiger partial charge in [0.25, 0.3) is 0 Å². The van der Waals surface area contributed by atoms with Gasteiger partial charge in [0.2, 0.25) is 5.91 Å². The van der Waals surface area contributed by atoms with Gasteiger partial charge < -0.3 is 9.64 Å². The average molecular weight is 300 g/mol. The zero-order valence-electron chi connectivity index (χ0n) is 13.5. The number of alkyl halides is 1. The largest absolute Gasteiger partial charge is 0.444 e. The molecule has 0 aromatic carbocycles. The van der Waals surface area contributed by atoms with Gasteiger partial charge in [0.05, 0.1) is 6.54 Å². The highest BCUT2D eigenvalue weighted by Crippen LogP contribution is 2.24. The number of hydrogen-bond acceptors (Lipinski definition) is 3. The van der Waals surface area contributed by atoms with Gasteiger partial charge in [-0.3, -0.25) is 9.69 Å². The van der Waals surface area contributed by atoms with Gasteiger partial charge in [-0.05, 0) is 27.7 Å². The van der Waals surface area contributed by atoms with Gasteiger partial charge in [0.1, 0.15) is 17.8 Å². The number of rotatable bonds is 3. The van der Waals surface area contributed by atoms with Crippen molar-refractivity contribution in [1.82, 2.24) is 9.80 Å². The molecule has 0 unspecified atom stereocenters. The number of ether oxygens (including phenoxy) is 1. The monoisotopic (exact) mass is 300 g/mol. The first-order chi connectivity index (χ1) is 9.51. The number of halogens is 1. The van der Waals surface area contributed by atoms with Crippen molar-refractivity contribution < 1.29 is 18.7 Å². The van der Waals surface area contributed by atoms with E-state index in [0.29, 0.717) is 6.54 Å². The van der Waals surface area contributed by atoms with Crippen LogP contribution in [0.1, 0.15) is 34.1 Å². The molecule has 1 rings (SSSR count). The lowest BCUT2D eigenvalue weighted by Gasteiger charge is -2.30. The van der Waals surface area contributed by atoms with E-state index in [-0.39, 0.29) is 18.9 Å². The van der Waals surface area contributed by atoms with E-state index in [2.05, 4.69) is 6.58 Å². The molecule has 0 aromatic heterocycles. The van der Waals surface area contributed by atoms with Crippen LogP contribution >= 0.6 is 0 Å².